The predicted octanol–water partition coefficient (Wildman–Crippen LogP) is 2.70. The topological polar surface area (TPSA) is 52.6 Å². The lowest BCUT2D eigenvalue weighted by atomic mass is 10.1. The molecule has 1 rings (SSSR count). The molecule has 4 nitrogen and oxygen atoms in total. The maximum atomic E-state index is 11.8. The molecule has 0 fully saturated rings. The normalized spacial score (nSPS) is 11.3. The minimum Gasteiger partial charge on any atom is -0.444 e. The van der Waals surface area contributed by atoms with Gasteiger partial charge >= 0.3 is 11.9 Å². The number of carbonyl (C=O) groups is 2. The molecule has 18 heavy (non-hydrogen) atoms. The van der Waals surface area contributed by atoms with Crippen LogP contribution in [0.15, 0.2) is 42.7 Å². The highest BCUT2D eigenvalue weighted by atomic mass is 16.6. The average Bonchev–Trinajstić information content (AvgIpc) is 2.36. The molecule has 0 N–H and O–H groups in total. The van der Waals surface area contributed by atoms with Gasteiger partial charge in [0.1, 0.15) is 0 Å². The number of ether oxygens (including phenoxy) is 2. The molecule has 0 amide bonds. The van der Waals surface area contributed by atoms with Crippen molar-refractivity contribution >= 4 is 11.9 Å². The Kier molecular flexibility index (Phi) is 4.66. The van der Waals surface area contributed by atoms with Crippen molar-refractivity contribution in [1.29, 1.82) is 0 Å². The van der Waals surface area contributed by atoms with E-state index in [0.717, 1.165) is 0 Å². The molecule has 0 aliphatic heterocycles. The standard InChI is InChI=1S/C14H16O4/c1-4-10-17-13(16)14(2,3)18-12(15)11-8-6-5-7-9-11/h4-10H,1-3H3. The average molecular weight is 248 g/mol. The number of hydrogen-bond donors (Lipinski definition) is 0. The van der Waals surface area contributed by atoms with Gasteiger partial charge < -0.3 is 9.47 Å². The second kappa shape index (κ2) is 6.00. The Labute approximate surface area is 106 Å². The molecule has 0 radical (unpaired) electrons. The molecule has 0 unspecified atom stereocenters. The lowest BCUT2D eigenvalue weighted by Gasteiger charge is -2.21. The van der Waals surface area contributed by atoms with Gasteiger partial charge in [0.15, 0.2) is 0 Å². The summed E-state index contributed by atoms with van der Waals surface area (Å²) in [5.41, 5.74) is -0.934. The molecule has 0 heterocycles. The Bertz CT molecular complexity index is 446. The van der Waals surface area contributed by atoms with Crippen molar-refractivity contribution in [2.75, 3.05) is 0 Å². The first-order valence-corrected chi connectivity index (χ1v) is 5.58. The Morgan fingerprint density at radius 1 is 1.17 bits per heavy atom. The van der Waals surface area contributed by atoms with Crippen molar-refractivity contribution in [3.05, 3.63) is 48.2 Å². The van der Waals surface area contributed by atoms with Gasteiger partial charge in [-0.05, 0) is 32.9 Å². The van der Waals surface area contributed by atoms with E-state index in [1.54, 1.807) is 43.3 Å². The quantitative estimate of drug-likeness (QED) is 0.607. The zero-order valence-electron chi connectivity index (χ0n) is 10.7. The summed E-state index contributed by atoms with van der Waals surface area (Å²) in [5.74, 6) is -1.18. The van der Waals surface area contributed by atoms with E-state index in [1.165, 1.54) is 20.1 Å². The van der Waals surface area contributed by atoms with E-state index in [1.807, 2.05) is 0 Å². The van der Waals surface area contributed by atoms with Crippen LogP contribution in [0, 0.1) is 0 Å². The van der Waals surface area contributed by atoms with Gasteiger partial charge in [0, 0.05) is 0 Å². The molecule has 96 valence electrons. The van der Waals surface area contributed by atoms with Crippen molar-refractivity contribution in [2.45, 2.75) is 26.4 Å². The molecule has 4 heteroatoms. The fourth-order valence-electron chi connectivity index (χ4n) is 1.18. The van der Waals surface area contributed by atoms with Crippen molar-refractivity contribution in [3.63, 3.8) is 0 Å². The Hall–Kier alpha value is -2.10. The third-order valence-corrected chi connectivity index (χ3v) is 2.16. The van der Waals surface area contributed by atoms with Crippen LogP contribution in [-0.4, -0.2) is 17.5 Å². The van der Waals surface area contributed by atoms with Crippen molar-refractivity contribution in [1.82, 2.24) is 0 Å². The predicted molar refractivity (Wildman–Crippen MR) is 66.8 cm³/mol. The highest BCUT2D eigenvalue weighted by Gasteiger charge is 2.33. The van der Waals surface area contributed by atoms with Crippen LogP contribution in [0.3, 0.4) is 0 Å². The van der Waals surface area contributed by atoms with Crippen molar-refractivity contribution in [2.24, 2.45) is 0 Å². The summed E-state index contributed by atoms with van der Waals surface area (Å²) in [7, 11) is 0. The van der Waals surface area contributed by atoms with E-state index in [0.29, 0.717) is 5.56 Å². The summed E-state index contributed by atoms with van der Waals surface area (Å²) in [6.07, 6.45) is 2.83. The second-order valence-electron chi connectivity index (χ2n) is 4.14. The zero-order valence-corrected chi connectivity index (χ0v) is 10.7. The number of benzene rings is 1. The minimum atomic E-state index is -1.33. The maximum absolute atomic E-state index is 11.8. The van der Waals surface area contributed by atoms with Gasteiger partial charge in [-0.2, -0.15) is 0 Å². The zero-order chi connectivity index (χ0) is 13.6. The van der Waals surface area contributed by atoms with Gasteiger partial charge in [-0.1, -0.05) is 24.3 Å². The van der Waals surface area contributed by atoms with Crippen LogP contribution in [0.1, 0.15) is 31.1 Å². The maximum Gasteiger partial charge on any atom is 0.354 e. The van der Waals surface area contributed by atoms with E-state index < -0.39 is 17.5 Å². The minimum absolute atomic E-state index is 0.393. The van der Waals surface area contributed by atoms with Crippen molar-refractivity contribution < 1.29 is 19.1 Å². The molecule has 0 atom stereocenters. The van der Waals surface area contributed by atoms with Crippen LogP contribution in [0.2, 0.25) is 0 Å². The van der Waals surface area contributed by atoms with Gasteiger partial charge in [0.2, 0.25) is 5.60 Å². The van der Waals surface area contributed by atoms with E-state index in [-0.39, 0.29) is 0 Å². The summed E-state index contributed by atoms with van der Waals surface area (Å²) in [4.78, 5) is 23.4. The molecule has 1 aromatic carbocycles. The van der Waals surface area contributed by atoms with E-state index in [2.05, 4.69) is 0 Å². The summed E-state index contributed by atoms with van der Waals surface area (Å²) in [5, 5.41) is 0. The molecule has 0 aliphatic carbocycles. The molecule has 0 saturated carbocycles. The molecule has 0 aliphatic rings. The van der Waals surface area contributed by atoms with Crippen LogP contribution in [0.4, 0.5) is 0 Å². The van der Waals surface area contributed by atoms with Gasteiger partial charge in [0.25, 0.3) is 0 Å². The second-order valence-corrected chi connectivity index (χ2v) is 4.14. The number of esters is 2. The third-order valence-electron chi connectivity index (χ3n) is 2.16. The van der Waals surface area contributed by atoms with Crippen LogP contribution in [0.5, 0.6) is 0 Å². The first kappa shape index (κ1) is 14.0. The molecular weight excluding hydrogens is 232 g/mol. The SMILES string of the molecule is CC=COC(=O)C(C)(C)OC(=O)c1ccccc1. The first-order valence-electron chi connectivity index (χ1n) is 5.58. The summed E-state index contributed by atoms with van der Waals surface area (Å²) in [6.45, 7) is 4.69. The Balaban J connectivity index is 2.71. The van der Waals surface area contributed by atoms with E-state index in [4.69, 9.17) is 9.47 Å². The molecular formula is C14H16O4. The van der Waals surface area contributed by atoms with Crippen LogP contribution < -0.4 is 0 Å². The molecule has 0 aromatic heterocycles. The fourth-order valence-corrected chi connectivity index (χ4v) is 1.18. The van der Waals surface area contributed by atoms with Gasteiger partial charge in [-0.15, -0.1) is 0 Å². The summed E-state index contributed by atoms with van der Waals surface area (Å²) >= 11 is 0. The number of hydrogen-bond acceptors (Lipinski definition) is 4. The highest BCUT2D eigenvalue weighted by molar-refractivity contribution is 5.92. The third kappa shape index (κ3) is 3.73. The summed E-state index contributed by atoms with van der Waals surface area (Å²) in [6, 6.07) is 8.48. The Morgan fingerprint density at radius 3 is 2.33 bits per heavy atom. The van der Waals surface area contributed by atoms with Gasteiger partial charge in [0.05, 0.1) is 11.8 Å². The smallest absolute Gasteiger partial charge is 0.354 e. The van der Waals surface area contributed by atoms with Gasteiger partial charge in [-0.3, -0.25) is 0 Å². The lowest BCUT2D eigenvalue weighted by molar-refractivity contribution is -0.156. The number of carbonyl (C=O) groups excluding carboxylic acids is 2. The van der Waals surface area contributed by atoms with Crippen molar-refractivity contribution in [3.8, 4) is 0 Å². The monoisotopic (exact) mass is 248 g/mol. The largest absolute Gasteiger partial charge is 0.444 e. The lowest BCUT2D eigenvalue weighted by Crippen LogP contribution is -2.38. The molecule has 1 aromatic rings. The van der Waals surface area contributed by atoms with Crippen LogP contribution in [-0.2, 0) is 14.3 Å². The van der Waals surface area contributed by atoms with Gasteiger partial charge in [-0.25, -0.2) is 9.59 Å². The molecule has 0 bridgehead atoms. The Morgan fingerprint density at radius 2 is 1.78 bits per heavy atom. The number of allylic oxidation sites excluding steroid dienone is 1. The number of rotatable bonds is 4. The van der Waals surface area contributed by atoms with Crippen LogP contribution in [0.25, 0.3) is 0 Å². The van der Waals surface area contributed by atoms with Crippen LogP contribution >= 0.6 is 0 Å². The highest BCUT2D eigenvalue weighted by Crippen LogP contribution is 2.15. The van der Waals surface area contributed by atoms with E-state index in [9.17, 15) is 9.59 Å². The fraction of sp³-hybridized carbons (Fsp3) is 0.286. The summed E-state index contributed by atoms with van der Waals surface area (Å²) < 4.78 is 9.93. The molecule has 0 saturated heterocycles. The first-order chi connectivity index (χ1) is 8.47. The van der Waals surface area contributed by atoms with E-state index >= 15 is 0 Å². The molecule has 0 spiro atoms.